The van der Waals surface area contributed by atoms with Gasteiger partial charge in [0.25, 0.3) is 0 Å². The van der Waals surface area contributed by atoms with Gasteiger partial charge < -0.3 is 18.6 Å². The fourth-order valence-corrected chi connectivity index (χ4v) is 5.96. The van der Waals surface area contributed by atoms with Gasteiger partial charge in [-0.1, -0.05) is 48.0 Å². The number of aromatic nitrogens is 4. The highest BCUT2D eigenvalue weighted by molar-refractivity contribution is 6.31. The SMILES string of the molecule is Cn1cncc1CN(CCOc1ccc(C(F)(F)F)cc1)Cc1ccccc1Cl.Cn1cncc1CN(CCOc1ccc(C(F)(F)F)cc1)Cc1ccccc1F. The van der Waals surface area contributed by atoms with E-state index in [0.717, 1.165) is 41.2 Å². The van der Waals surface area contributed by atoms with Gasteiger partial charge in [0.1, 0.15) is 30.5 Å². The standard InChI is InChI=1S/C21H21ClF3N3O.C21H21F4N3O/c2*1-27-15-26-12-18(27)14-28(13-16-4-2-3-5-20(16)22)10-11-29-19-8-6-17(7-9-19)21(23,24)25/h2*2-9,12,15H,10-11,13-14H2,1H3. The van der Waals surface area contributed by atoms with Gasteiger partial charge in [0.05, 0.1) is 35.2 Å². The van der Waals surface area contributed by atoms with Crippen molar-refractivity contribution in [3.8, 4) is 11.5 Å². The average molecular weight is 831 g/mol. The summed E-state index contributed by atoms with van der Waals surface area (Å²) in [5.74, 6) is 0.465. The number of imidazole rings is 2. The minimum Gasteiger partial charge on any atom is -0.492 e. The summed E-state index contributed by atoms with van der Waals surface area (Å²) in [4.78, 5) is 12.4. The maximum Gasteiger partial charge on any atom is 0.416 e. The summed E-state index contributed by atoms with van der Waals surface area (Å²) < 4.78 is 105. The van der Waals surface area contributed by atoms with Crippen LogP contribution in [0.2, 0.25) is 5.02 Å². The highest BCUT2D eigenvalue weighted by Crippen LogP contribution is 2.31. The van der Waals surface area contributed by atoms with Crippen LogP contribution in [0.4, 0.5) is 30.7 Å². The van der Waals surface area contributed by atoms with Crippen LogP contribution in [0.5, 0.6) is 11.5 Å². The van der Waals surface area contributed by atoms with Crippen molar-refractivity contribution in [2.45, 2.75) is 38.5 Å². The molecule has 0 saturated heterocycles. The molecule has 0 unspecified atom stereocenters. The molecular formula is C42H42ClF7N6O2. The van der Waals surface area contributed by atoms with Gasteiger partial charge in [-0.15, -0.1) is 0 Å². The van der Waals surface area contributed by atoms with Crippen LogP contribution in [0.25, 0.3) is 0 Å². The first-order chi connectivity index (χ1) is 27.7. The minimum absolute atomic E-state index is 0.248. The first-order valence-electron chi connectivity index (χ1n) is 18.1. The zero-order valence-electron chi connectivity index (χ0n) is 31.7. The van der Waals surface area contributed by atoms with Crippen LogP contribution in [0.1, 0.15) is 33.6 Å². The lowest BCUT2D eigenvalue weighted by molar-refractivity contribution is -0.138. The zero-order valence-corrected chi connectivity index (χ0v) is 32.5. The molecule has 8 nitrogen and oxygen atoms in total. The number of alkyl halides is 6. The Bertz CT molecular complexity index is 2000. The van der Waals surface area contributed by atoms with Gasteiger partial charge in [0.2, 0.25) is 0 Å². The van der Waals surface area contributed by atoms with Gasteiger partial charge in [0, 0.05) is 76.3 Å². The number of hydrogen-bond donors (Lipinski definition) is 0. The number of hydrogen-bond acceptors (Lipinski definition) is 6. The third kappa shape index (κ3) is 13.4. The Morgan fingerprint density at radius 1 is 0.569 bits per heavy atom. The summed E-state index contributed by atoms with van der Waals surface area (Å²) in [6, 6.07) is 23.5. The van der Waals surface area contributed by atoms with Crippen LogP contribution < -0.4 is 9.47 Å². The largest absolute Gasteiger partial charge is 0.492 e. The topological polar surface area (TPSA) is 60.6 Å². The van der Waals surface area contributed by atoms with E-state index < -0.39 is 23.5 Å². The number of aryl methyl sites for hydroxylation is 2. The van der Waals surface area contributed by atoms with E-state index in [1.54, 1.807) is 43.2 Å². The molecule has 0 saturated carbocycles. The molecule has 4 aromatic carbocycles. The lowest BCUT2D eigenvalue weighted by Gasteiger charge is -2.23. The summed E-state index contributed by atoms with van der Waals surface area (Å²) in [5.41, 5.74) is 2.13. The van der Waals surface area contributed by atoms with E-state index in [-0.39, 0.29) is 12.4 Å². The Morgan fingerprint density at radius 3 is 1.38 bits per heavy atom. The summed E-state index contributed by atoms with van der Waals surface area (Å²) in [5, 5.41) is 0.686. The van der Waals surface area contributed by atoms with Crippen molar-refractivity contribution in [1.29, 1.82) is 0 Å². The molecule has 0 amide bonds. The minimum atomic E-state index is -4.38. The summed E-state index contributed by atoms with van der Waals surface area (Å²) in [6.07, 6.45) is -1.76. The molecule has 16 heteroatoms. The van der Waals surface area contributed by atoms with Gasteiger partial charge >= 0.3 is 12.4 Å². The second kappa shape index (κ2) is 20.4. The molecule has 0 N–H and O–H groups in total. The maximum absolute atomic E-state index is 14.1. The van der Waals surface area contributed by atoms with Crippen molar-refractivity contribution in [3.63, 3.8) is 0 Å². The van der Waals surface area contributed by atoms with E-state index in [0.29, 0.717) is 68.0 Å². The average Bonchev–Trinajstić information content (AvgIpc) is 3.79. The molecule has 0 bridgehead atoms. The Balaban J connectivity index is 0.000000221. The van der Waals surface area contributed by atoms with Crippen molar-refractivity contribution < 1.29 is 40.2 Å². The molecule has 0 aliphatic rings. The van der Waals surface area contributed by atoms with Crippen LogP contribution in [0.15, 0.2) is 122 Å². The lowest BCUT2D eigenvalue weighted by Crippen LogP contribution is -2.29. The van der Waals surface area contributed by atoms with E-state index in [9.17, 15) is 30.7 Å². The normalized spacial score (nSPS) is 11.8. The van der Waals surface area contributed by atoms with E-state index in [2.05, 4.69) is 14.9 Å². The van der Waals surface area contributed by atoms with Gasteiger partial charge in [-0.25, -0.2) is 14.4 Å². The van der Waals surface area contributed by atoms with Crippen molar-refractivity contribution in [2.24, 2.45) is 14.1 Å². The number of benzene rings is 4. The Hall–Kier alpha value is -5.38. The third-order valence-corrected chi connectivity index (χ3v) is 9.39. The summed E-state index contributed by atoms with van der Waals surface area (Å²) in [6.45, 7) is 3.75. The monoisotopic (exact) mass is 830 g/mol. The third-order valence-electron chi connectivity index (χ3n) is 9.02. The molecule has 6 rings (SSSR count). The molecule has 0 fully saturated rings. The van der Waals surface area contributed by atoms with Gasteiger partial charge in [-0.2, -0.15) is 26.3 Å². The van der Waals surface area contributed by atoms with Crippen LogP contribution in [-0.2, 0) is 52.6 Å². The maximum atomic E-state index is 14.1. The van der Waals surface area contributed by atoms with Crippen LogP contribution in [0.3, 0.4) is 0 Å². The highest BCUT2D eigenvalue weighted by atomic mass is 35.5. The van der Waals surface area contributed by atoms with Crippen molar-refractivity contribution in [1.82, 2.24) is 28.9 Å². The second-order valence-electron chi connectivity index (χ2n) is 13.3. The lowest BCUT2D eigenvalue weighted by atomic mass is 10.2. The summed E-state index contributed by atoms with van der Waals surface area (Å²) in [7, 11) is 3.80. The van der Waals surface area contributed by atoms with E-state index in [1.807, 2.05) is 52.4 Å². The molecule has 0 aliphatic carbocycles. The number of halogens is 8. The van der Waals surface area contributed by atoms with E-state index >= 15 is 0 Å². The molecule has 0 spiro atoms. The highest BCUT2D eigenvalue weighted by Gasteiger charge is 2.31. The van der Waals surface area contributed by atoms with Gasteiger partial charge in [-0.3, -0.25) is 9.80 Å². The number of rotatable bonds is 16. The fraction of sp³-hybridized carbons (Fsp3) is 0.286. The number of nitrogens with zero attached hydrogens (tertiary/aromatic N) is 6. The van der Waals surface area contributed by atoms with Crippen LogP contribution >= 0.6 is 11.6 Å². The number of ether oxygens (including phenoxy) is 2. The molecule has 0 radical (unpaired) electrons. The van der Waals surface area contributed by atoms with Crippen LogP contribution in [0, 0.1) is 5.82 Å². The zero-order chi connectivity index (χ0) is 41.7. The molecule has 2 aromatic heterocycles. The molecule has 0 atom stereocenters. The van der Waals surface area contributed by atoms with E-state index in [1.165, 1.54) is 30.3 Å². The van der Waals surface area contributed by atoms with Gasteiger partial charge in [0.15, 0.2) is 0 Å². The Kier molecular flexibility index (Phi) is 15.3. The molecule has 6 aromatic rings. The fourth-order valence-electron chi connectivity index (χ4n) is 5.76. The molecule has 58 heavy (non-hydrogen) atoms. The smallest absolute Gasteiger partial charge is 0.416 e. The predicted octanol–water partition coefficient (Wildman–Crippen LogP) is 9.83. The van der Waals surface area contributed by atoms with Gasteiger partial charge in [-0.05, 0) is 66.2 Å². The Labute approximate surface area is 337 Å². The predicted molar refractivity (Wildman–Crippen MR) is 206 cm³/mol. The van der Waals surface area contributed by atoms with Crippen LogP contribution in [-0.4, -0.2) is 55.2 Å². The Morgan fingerprint density at radius 2 is 0.983 bits per heavy atom. The van der Waals surface area contributed by atoms with E-state index in [4.69, 9.17) is 21.1 Å². The second-order valence-corrected chi connectivity index (χ2v) is 13.7. The van der Waals surface area contributed by atoms with Crippen molar-refractivity contribution in [2.75, 3.05) is 26.3 Å². The summed E-state index contributed by atoms with van der Waals surface area (Å²) >= 11 is 6.30. The molecule has 0 aliphatic heterocycles. The molecule has 308 valence electrons. The first-order valence-corrected chi connectivity index (χ1v) is 18.5. The van der Waals surface area contributed by atoms with Crippen molar-refractivity contribution in [3.05, 3.63) is 167 Å². The quantitative estimate of drug-likeness (QED) is 0.0906. The molecule has 2 heterocycles. The molecular weight excluding hydrogens is 789 g/mol. The first kappa shape index (κ1) is 43.7. The van der Waals surface area contributed by atoms with Crippen molar-refractivity contribution >= 4 is 11.6 Å².